The summed E-state index contributed by atoms with van der Waals surface area (Å²) >= 11 is 0. The van der Waals surface area contributed by atoms with Crippen molar-refractivity contribution in [3.63, 3.8) is 0 Å². The lowest BCUT2D eigenvalue weighted by molar-refractivity contribution is -0.122. The quantitative estimate of drug-likeness (QED) is 0.690. The van der Waals surface area contributed by atoms with E-state index >= 15 is 0 Å². The highest BCUT2D eigenvalue weighted by Gasteiger charge is 2.22. The van der Waals surface area contributed by atoms with Gasteiger partial charge in [-0.25, -0.2) is 4.68 Å². The Kier molecular flexibility index (Phi) is 5.87. The number of hydrogen-bond donors (Lipinski definition) is 1. The number of nitrogens with one attached hydrogen (secondary N) is 1. The number of ether oxygens (including phenoxy) is 1. The van der Waals surface area contributed by atoms with Crippen molar-refractivity contribution in [1.29, 1.82) is 0 Å². The van der Waals surface area contributed by atoms with Crippen LogP contribution in [-0.4, -0.2) is 21.4 Å². The van der Waals surface area contributed by atoms with Crippen molar-refractivity contribution in [2.75, 3.05) is 5.32 Å². The van der Waals surface area contributed by atoms with Crippen LogP contribution < -0.4 is 15.6 Å². The summed E-state index contributed by atoms with van der Waals surface area (Å²) in [6.45, 7) is 9.89. The summed E-state index contributed by atoms with van der Waals surface area (Å²) in [6, 6.07) is 17.0. The lowest BCUT2D eigenvalue weighted by atomic mass is 9.87. The number of anilines is 1. The van der Waals surface area contributed by atoms with Crippen LogP contribution in [-0.2, 0) is 17.3 Å². The maximum Gasteiger partial charge on any atom is 0.295 e. The first-order chi connectivity index (χ1) is 14.1. The van der Waals surface area contributed by atoms with Crippen LogP contribution in [0.3, 0.4) is 0 Å². The Labute approximate surface area is 177 Å². The van der Waals surface area contributed by atoms with Crippen LogP contribution in [0.1, 0.15) is 39.0 Å². The number of para-hydroxylation sites is 1. The van der Waals surface area contributed by atoms with Crippen LogP contribution in [0, 0.1) is 6.92 Å². The summed E-state index contributed by atoms with van der Waals surface area (Å²) in [4.78, 5) is 25.7. The van der Waals surface area contributed by atoms with Gasteiger partial charge < -0.3 is 10.1 Å². The summed E-state index contributed by atoms with van der Waals surface area (Å²) in [5, 5.41) is 2.75. The minimum atomic E-state index is -0.755. The van der Waals surface area contributed by atoms with Gasteiger partial charge in [0.05, 0.1) is 11.4 Å². The van der Waals surface area contributed by atoms with Crippen LogP contribution in [0.5, 0.6) is 5.75 Å². The molecule has 1 N–H and O–H groups in total. The van der Waals surface area contributed by atoms with E-state index in [1.54, 1.807) is 25.6 Å². The highest BCUT2D eigenvalue weighted by molar-refractivity contribution is 5.94. The summed E-state index contributed by atoms with van der Waals surface area (Å²) in [5.74, 6) is 0.234. The maximum atomic E-state index is 12.9. The van der Waals surface area contributed by atoms with E-state index in [2.05, 4.69) is 26.1 Å². The SMILES string of the molecule is Cc1c(NC(=O)[C@@H](C)Oc2ccc(C(C)(C)C)cc2)c(=O)n(-c2ccccc2)n1C. The number of carbonyl (C=O) groups is 1. The van der Waals surface area contributed by atoms with Gasteiger partial charge in [0, 0.05) is 7.05 Å². The van der Waals surface area contributed by atoms with Crippen LogP contribution in [0.2, 0.25) is 0 Å². The molecule has 3 rings (SSSR count). The van der Waals surface area contributed by atoms with Gasteiger partial charge in [-0.05, 0) is 49.1 Å². The number of hydrogen-bond acceptors (Lipinski definition) is 3. The predicted molar refractivity (Wildman–Crippen MR) is 120 cm³/mol. The average Bonchev–Trinajstić information content (AvgIpc) is 2.91. The Bertz CT molecular complexity index is 1090. The van der Waals surface area contributed by atoms with Gasteiger partial charge in [0.15, 0.2) is 6.10 Å². The molecule has 0 spiro atoms. The molecule has 1 amide bonds. The average molecular weight is 408 g/mol. The number of carbonyl (C=O) groups excluding carboxylic acids is 1. The van der Waals surface area contributed by atoms with Crippen LogP contribution in [0.15, 0.2) is 59.4 Å². The maximum absolute atomic E-state index is 12.9. The second kappa shape index (κ2) is 8.22. The molecule has 0 unspecified atom stereocenters. The van der Waals surface area contributed by atoms with Gasteiger partial charge in [-0.1, -0.05) is 51.1 Å². The summed E-state index contributed by atoms with van der Waals surface area (Å²) < 4.78 is 9.05. The molecular formula is C24H29N3O3. The lowest BCUT2D eigenvalue weighted by Gasteiger charge is -2.20. The van der Waals surface area contributed by atoms with Crippen molar-refractivity contribution in [3.8, 4) is 11.4 Å². The molecule has 158 valence electrons. The monoisotopic (exact) mass is 407 g/mol. The van der Waals surface area contributed by atoms with Gasteiger partial charge in [0.25, 0.3) is 11.5 Å². The van der Waals surface area contributed by atoms with E-state index in [0.717, 1.165) is 5.69 Å². The van der Waals surface area contributed by atoms with Gasteiger partial charge in [-0.3, -0.25) is 14.3 Å². The molecule has 0 aliphatic carbocycles. The molecule has 0 aliphatic heterocycles. The van der Waals surface area contributed by atoms with E-state index in [1.165, 1.54) is 10.2 Å². The third-order valence-electron chi connectivity index (χ3n) is 5.20. The van der Waals surface area contributed by atoms with Gasteiger partial charge in [0.2, 0.25) is 0 Å². The Morgan fingerprint density at radius 2 is 1.63 bits per heavy atom. The Balaban J connectivity index is 1.77. The largest absolute Gasteiger partial charge is 0.481 e. The lowest BCUT2D eigenvalue weighted by Crippen LogP contribution is -2.32. The molecule has 0 aliphatic rings. The first kappa shape index (κ1) is 21.4. The molecule has 6 heteroatoms. The Hall–Kier alpha value is -3.28. The van der Waals surface area contributed by atoms with E-state index in [1.807, 2.05) is 54.6 Å². The molecular weight excluding hydrogens is 378 g/mol. The minimum absolute atomic E-state index is 0.0466. The zero-order chi connectivity index (χ0) is 22.1. The molecule has 1 aromatic heterocycles. The zero-order valence-electron chi connectivity index (χ0n) is 18.4. The molecule has 0 saturated heterocycles. The third-order valence-corrected chi connectivity index (χ3v) is 5.20. The zero-order valence-corrected chi connectivity index (χ0v) is 18.4. The van der Waals surface area contributed by atoms with E-state index in [9.17, 15) is 9.59 Å². The fraction of sp³-hybridized carbons (Fsp3) is 0.333. The third kappa shape index (κ3) is 4.32. The van der Waals surface area contributed by atoms with Gasteiger partial charge in [0.1, 0.15) is 11.4 Å². The van der Waals surface area contributed by atoms with Crippen molar-refractivity contribution in [3.05, 3.63) is 76.2 Å². The van der Waals surface area contributed by atoms with E-state index in [0.29, 0.717) is 11.4 Å². The molecule has 0 radical (unpaired) electrons. The molecule has 1 atom stereocenters. The number of aromatic nitrogens is 2. The van der Waals surface area contributed by atoms with Crippen molar-refractivity contribution in [2.24, 2.45) is 7.05 Å². The standard InChI is InChI=1S/C24H29N3O3/c1-16-21(23(29)27(26(16)6)19-10-8-7-9-11-19)25-22(28)17(2)30-20-14-12-18(13-15-20)24(3,4)5/h7-15,17H,1-6H3,(H,25,28)/t17-/m1/s1. The van der Waals surface area contributed by atoms with E-state index in [-0.39, 0.29) is 22.6 Å². The number of benzene rings is 2. The molecule has 1 heterocycles. The smallest absolute Gasteiger partial charge is 0.295 e. The number of amides is 1. The van der Waals surface area contributed by atoms with Crippen LogP contribution >= 0.6 is 0 Å². The second-order valence-electron chi connectivity index (χ2n) is 8.46. The van der Waals surface area contributed by atoms with Gasteiger partial charge in [-0.15, -0.1) is 0 Å². The molecule has 0 fully saturated rings. The highest BCUT2D eigenvalue weighted by Crippen LogP contribution is 2.25. The van der Waals surface area contributed by atoms with Crippen molar-refractivity contribution >= 4 is 11.6 Å². The molecule has 0 bridgehead atoms. The van der Waals surface area contributed by atoms with Crippen molar-refractivity contribution < 1.29 is 9.53 Å². The van der Waals surface area contributed by atoms with Crippen molar-refractivity contribution in [1.82, 2.24) is 9.36 Å². The molecule has 3 aromatic rings. The number of rotatable bonds is 5. The van der Waals surface area contributed by atoms with Crippen molar-refractivity contribution in [2.45, 2.75) is 46.1 Å². The summed E-state index contributed by atoms with van der Waals surface area (Å²) in [6.07, 6.45) is -0.755. The minimum Gasteiger partial charge on any atom is -0.481 e. The van der Waals surface area contributed by atoms with Gasteiger partial charge >= 0.3 is 0 Å². The predicted octanol–water partition coefficient (Wildman–Crippen LogP) is 4.19. The summed E-state index contributed by atoms with van der Waals surface area (Å²) in [5.41, 5.74) is 2.61. The van der Waals surface area contributed by atoms with Crippen LogP contribution in [0.4, 0.5) is 5.69 Å². The molecule has 30 heavy (non-hydrogen) atoms. The first-order valence-corrected chi connectivity index (χ1v) is 10.0. The molecule has 2 aromatic carbocycles. The summed E-state index contributed by atoms with van der Waals surface area (Å²) in [7, 11) is 1.79. The molecule has 0 saturated carbocycles. The molecule has 6 nitrogen and oxygen atoms in total. The Morgan fingerprint density at radius 1 is 1.03 bits per heavy atom. The second-order valence-corrected chi connectivity index (χ2v) is 8.46. The fourth-order valence-electron chi connectivity index (χ4n) is 3.23. The van der Waals surface area contributed by atoms with E-state index in [4.69, 9.17) is 4.74 Å². The Morgan fingerprint density at radius 3 is 2.20 bits per heavy atom. The topological polar surface area (TPSA) is 65.3 Å². The van der Waals surface area contributed by atoms with Gasteiger partial charge in [-0.2, -0.15) is 0 Å². The normalized spacial score (nSPS) is 12.5. The van der Waals surface area contributed by atoms with Crippen LogP contribution in [0.25, 0.3) is 5.69 Å². The first-order valence-electron chi connectivity index (χ1n) is 10.0. The number of nitrogens with zero attached hydrogens (tertiary/aromatic N) is 2. The fourth-order valence-corrected chi connectivity index (χ4v) is 3.23. The van der Waals surface area contributed by atoms with E-state index < -0.39 is 6.10 Å². The highest BCUT2D eigenvalue weighted by atomic mass is 16.5.